The molecule has 133 heavy (non-hydrogen) atoms. The van der Waals surface area contributed by atoms with Crippen molar-refractivity contribution in [3.8, 4) is 24.3 Å². The van der Waals surface area contributed by atoms with Crippen LogP contribution in [-0.2, 0) is 54.7 Å². The van der Waals surface area contributed by atoms with Crippen molar-refractivity contribution in [1.82, 2.24) is 4.72 Å². The molecule has 1 aliphatic rings. The second-order valence-corrected chi connectivity index (χ2v) is 42.3. The van der Waals surface area contributed by atoms with Gasteiger partial charge in [-0.05, 0) is 249 Å². The number of benzene rings is 9. The van der Waals surface area contributed by atoms with Gasteiger partial charge in [-0.3, -0.25) is 9.93 Å². The molecule has 36 heteroatoms. The number of nitriles is 4. The molecule has 0 saturated heterocycles. The molecule has 0 amide bonds. The molecular weight excluding hydrogens is 1910 g/mol. The first kappa shape index (κ1) is 140. The van der Waals surface area contributed by atoms with Crippen LogP contribution in [0.5, 0.6) is 0 Å². The van der Waals surface area contributed by atoms with Crippen molar-refractivity contribution in [3.63, 3.8) is 0 Å². The van der Waals surface area contributed by atoms with Gasteiger partial charge in [0.15, 0.2) is 5.69 Å². The van der Waals surface area contributed by atoms with Gasteiger partial charge in [0, 0.05) is 74.2 Å². The van der Waals surface area contributed by atoms with Gasteiger partial charge in [0.2, 0.25) is 0 Å². The van der Waals surface area contributed by atoms with Crippen LogP contribution in [0.15, 0.2) is 211 Å². The molecular formula is C97H131BBrClF4MgN14NaO8S3SiTi. The Balaban J connectivity index is -0.000000189. The maximum absolute atomic E-state index is 13.5. The molecule has 10 rings (SSSR count). The molecule has 1 aliphatic carbocycles. The third kappa shape index (κ3) is 61.0. The summed E-state index contributed by atoms with van der Waals surface area (Å²) in [5, 5.41) is 72.0. The second kappa shape index (κ2) is 77.2. The molecule has 22 nitrogen and oxygen atoms in total. The summed E-state index contributed by atoms with van der Waals surface area (Å²) in [7, 11) is -3.32. The normalized spacial score (nSPS) is 11.7. The van der Waals surface area contributed by atoms with Crippen molar-refractivity contribution in [2.24, 2.45) is 26.9 Å². The number of nitrogen functional groups attached to an aromatic ring is 3. The summed E-state index contributed by atoms with van der Waals surface area (Å²) < 4.78 is 95.5. The molecule has 1 fully saturated rings. The number of carbonyl (C=O) groups is 1. The fourth-order valence-corrected chi connectivity index (χ4v) is 10.9. The van der Waals surface area contributed by atoms with E-state index in [1.807, 2.05) is 138 Å². The van der Waals surface area contributed by atoms with Crippen LogP contribution in [0.2, 0.25) is 19.6 Å². The average Bonchev–Trinajstić information content (AvgIpc) is 0.892. The first-order chi connectivity index (χ1) is 59.7. The number of halogens is 6. The SMILES string of the molecule is C=CC1CC1.CC(C)(C)[S@@](=O)N=Cc1cccc(C#N)c1.CC(C)(C)[S@@](=O)NC(c1cccc(C#N)c1)c1ccc(F)c(N)c1.CC(C)(C)[S@](N)=O.CCCO.CCCO.CCCO.CCCO.CN(c1c[c-]ccc1F)[Si](C)(C)C.Cl.N#Cc1cccc(C(N)c2ccc(F)c(N)c2)c1.N#Cc1cccc([C@@H](N)c2ccc(F)c(N)c2)c1.[B].[Br-].[C-]#[N+]c1cccc(C=O)c1.[H-].[Mg+2].[Na+].[Ti]. The Morgan fingerprint density at radius 3 is 1.22 bits per heavy atom. The van der Waals surface area contributed by atoms with Crippen LogP contribution in [0.25, 0.3) is 4.85 Å². The van der Waals surface area contributed by atoms with Crippen LogP contribution < -0.4 is 89.6 Å². The Morgan fingerprint density at radius 2 is 0.910 bits per heavy atom. The maximum atomic E-state index is 13.5. The van der Waals surface area contributed by atoms with E-state index < -0.39 is 81.5 Å². The van der Waals surface area contributed by atoms with E-state index in [0.29, 0.717) is 82.3 Å². The summed E-state index contributed by atoms with van der Waals surface area (Å²) in [6.45, 7) is 42.5. The van der Waals surface area contributed by atoms with E-state index in [-0.39, 0.29) is 146 Å². The minimum absolute atomic E-state index is 0. The minimum atomic E-state index is -1.46. The van der Waals surface area contributed by atoms with Crippen molar-refractivity contribution < 1.29 is 125 Å². The predicted octanol–water partition coefficient (Wildman–Crippen LogP) is 12.8. The number of nitrogens with zero attached hydrogens (tertiary/aromatic N) is 7. The third-order valence-electron chi connectivity index (χ3n) is 16.6. The molecule has 0 spiro atoms. The molecule has 0 bridgehead atoms. The smallest absolute Gasteiger partial charge is 1.00 e. The van der Waals surface area contributed by atoms with E-state index >= 15 is 0 Å². The van der Waals surface area contributed by atoms with Crippen molar-refractivity contribution >= 4 is 126 Å². The predicted molar refractivity (Wildman–Crippen MR) is 537 cm³/mol. The number of aldehydes is 1. The number of nitrogens with one attached hydrogen (secondary N) is 1. The number of hydrogen-bond donors (Lipinski definition) is 11. The van der Waals surface area contributed by atoms with Crippen LogP contribution in [0.3, 0.4) is 0 Å². The molecule has 9 aromatic rings. The average molecular weight is 2040 g/mol. The quantitative estimate of drug-likeness (QED) is 0.00723. The van der Waals surface area contributed by atoms with E-state index in [9.17, 15) is 35.0 Å². The van der Waals surface area contributed by atoms with Crippen molar-refractivity contribution in [3.05, 3.63) is 314 Å². The number of aliphatic hydroxyl groups excluding tert-OH is 4. The van der Waals surface area contributed by atoms with E-state index in [1.165, 1.54) is 55.3 Å². The van der Waals surface area contributed by atoms with Crippen LogP contribution in [-0.4, -0.2) is 133 Å². The van der Waals surface area contributed by atoms with E-state index in [2.05, 4.69) is 64.5 Å². The largest absolute Gasteiger partial charge is 2.00 e. The summed E-state index contributed by atoms with van der Waals surface area (Å²) in [4.78, 5) is 13.3. The zero-order valence-corrected chi connectivity index (χ0v) is 90.4. The van der Waals surface area contributed by atoms with Gasteiger partial charge in [-0.1, -0.05) is 138 Å². The van der Waals surface area contributed by atoms with Crippen LogP contribution in [0.4, 0.5) is 46.0 Å². The van der Waals surface area contributed by atoms with E-state index in [0.717, 1.165) is 60.1 Å². The summed E-state index contributed by atoms with van der Waals surface area (Å²) in [5.74, 6) is -0.688. The molecule has 1 saturated carbocycles. The topological polar surface area (TPSA) is 432 Å². The number of hydrogen-bond acceptors (Lipinski definition) is 18. The standard InChI is InChI=1S/C18H20FN3OS.2C14H12FN3.C12H14N2OS.C10H15FNSi.C8H5NO.C5H8.C4H11NOS.4C3H8O.B.BrH.ClH.Mg.Na.Ti.H/c1-18(2,3)24(23)22-17(13-6-4-5-12(9-13)11-20)14-7-8-15(19)16(21)10-14;2*15-12-5-4-11(7-13(12)17)14(18)10-3-1-2-9(6-10)8-16;1-12(2,3)16(15)14-9-11-6-4-5-10(7-11)8-13;1-12(13(2,3)4)10-8-6-5-7-9(10)11;1-9-8-4-2-3-7(5-8)6-10;1-2-5-3-4-5;1-4(2,3)7(5)6;4*1-2-3-4;;;;;;;/h4-10,17,22H,21H2,1-3H3;2*1-7,14H,17-18H2;4-7,9H,1-3H3;5,7-8H,1-4H3;2-6H;2,5H,1,3-4H2;5H2,1-3H3;4*4H,2-3H2,1H3;;2*1H;;;;/q;;;;-1;;;;;;;;;;;+2;+1;;-1/p-1/t17?,24-;14-;;16-;;;;7-;;;;;;;;;;;/m11.1...1.........../s1. The molecule has 3 radical (unpaired) electrons. The zero-order chi connectivity index (χ0) is 97.2. The summed E-state index contributed by atoms with van der Waals surface area (Å²) in [6, 6.07) is 62.4. The van der Waals surface area contributed by atoms with Gasteiger partial charge in [0.1, 0.15) is 43.0 Å². The van der Waals surface area contributed by atoms with Gasteiger partial charge in [0.25, 0.3) is 0 Å². The molecule has 711 valence electrons. The molecule has 0 aliphatic heterocycles. The summed E-state index contributed by atoms with van der Waals surface area (Å²) in [6.07, 6.45) is 10.6. The summed E-state index contributed by atoms with van der Waals surface area (Å²) in [5.41, 5.74) is 38.1. The molecule has 2 unspecified atom stereocenters. The van der Waals surface area contributed by atoms with E-state index in [4.69, 9.17) is 81.9 Å². The number of nitrogens with two attached hydrogens (primary N) is 6. The molecule has 0 heterocycles. The Labute approximate surface area is 870 Å². The fraction of sp³-hybridized carbons (Fsp3) is 0.351. The third-order valence-corrected chi connectivity index (χ3v) is 22.9. The summed E-state index contributed by atoms with van der Waals surface area (Å²) >= 11 is 0. The molecule has 6 atom stereocenters. The Hall–Kier alpha value is -7.91. The van der Waals surface area contributed by atoms with Gasteiger partial charge in [-0.25, -0.2) is 39.8 Å². The van der Waals surface area contributed by atoms with Gasteiger partial charge in [-0.15, -0.1) is 25.1 Å². The maximum Gasteiger partial charge on any atom is 2.00 e. The number of aliphatic hydroxyl groups is 4. The Morgan fingerprint density at radius 1 is 0.579 bits per heavy atom. The van der Waals surface area contributed by atoms with Crippen molar-refractivity contribution in [2.45, 2.75) is 181 Å². The first-order valence-corrected chi connectivity index (χ1v) is 47.5. The Kier molecular flexibility index (Phi) is 81.5. The zero-order valence-electron chi connectivity index (χ0n) is 80.6. The number of anilines is 4. The molecule has 9 aromatic carbocycles. The first-order valence-electron chi connectivity index (χ1n) is 40.6. The van der Waals surface area contributed by atoms with Crippen LogP contribution in [0, 0.1) is 87.1 Å². The number of allylic oxidation sites excluding steroid dienone is 1. The van der Waals surface area contributed by atoms with Gasteiger partial charge >= 0.3 is 52.6 Å². The van der Waals surface area contributed by atoms with E-state index in [1.54, 1.807) is 134 Å². The number of rotatable bonds is 18. The van der Waals surface area contributed by atoms with Gasteiger partial charge < -0.3 is 72.1 Å². The fourth-order valence-electron chi connectivity index (χ4n) is 8.62. The monoisotopic (exact) mass is 2040 g/mol. The van der Waals surface area contributed by atoms with Gasteiger partial charge in [-0.2, -0.15) is 43.6 Å². The van der Waals surface area contributed by atoms with Crippen LogP contribution >= 0.6 is 12.4 Å². The second-order valence-electron chi connectivity index (χ2n) is 31.6. The minimum Gasteiger partial charge on any atom is -1.00 e. The molecule has 0 aromatic heterocycles. The van der Waals surface area contributed by atoms with Crippen molar-refractivity contribution in [2.75, 3.05) is 55.2 Å². The number of carbonyl (C=O) groups excluding carboxylic acids is 1. The van der Waals surface area contributed by atoms with Crippen LogP contribution in [0.1, 0.15) is 220 Å². The van der Waals surface area contributed by atoms with Gasteiger partial charge in [0.05, 0.1) is 125 Å². The van der Waals surface area contributed by atoms with Crippen molar-refractivity contribution in [1.29, 1.82) is 21.0 Å². The molecule has 17 N–H and O–H groups in total. The Bertz CT molecular complexity index is 5030.